The monoisotopic (exact) mass is 760 g/mol. The van der Waals surface area contributed by atoms with E-state index in [1.807, 2.05) is 20.8 Å². The van der Waals surface area contributed by atoms with Gasteiger partial charge in [-0.3, -0.25) is 0 Å². The van der Waals surface area contributed by atoms with Crippen LogP contribution in [0.4, 0.5) is 0 Å². The third kappa shape index (κ3) is 8.25. The molecule has 2 heteroatoms. The molecule has 8 rings (SSSR count). The van der Waals surface area contributed by atoms with E-state index in [2.05, 4.69) is 191 Å². The second-order valence-electron chi connectivity index (χ2n) is 16.3. The molecule has 1 aliphatic heterocycles. The number of nitrogens with two attached hydrogens (primary N) is 1. The highest BCUT2D eigenvalue weighted by Gasteiger charge is 2.44. The number of nitrogens with one attached hydrogen (secondary N) is 1. The highest BCUT2D eigenvalue weighted by molar-refractivity contribution is 5.85. The smallest absolute Gasteiger partial charge is 0.0494 e. The van der Waals surface area contributed by atoms with Crippen molar-refractivity contribution in [2.45, 2.75) is 91.5 Å². The minimum Gasteiger partial charge on any atom is -0.399 e. The molecular formula is C56H60N2. The standard InChI is InChI=1S/C54H54N2.C2H6/c1-6-7-18-37(3)48(45-25-13-11-19-36(45)2)33-43(55)30-42(40-24-17-23-39(29-40)38-20-9-8-10-21-38)32-44-31-41-22-12-14-26-46(41)50-34-49-47-27-15-16-28-51(47)54(4,5)52(49)35-53(50)56-44;1-2/h6-7,9,11-30,32-33,35,44,49,56H,8,10,31,34,55H2,1-5H3;1-2H3/b7-6-,37-18-,42-32+,43-30-,48-33-;. The van der Waals surface area contributed by atoms with Gasteiger partial charge in [0.15, 0.2) is 0 Å². The number of fused-ring (bicyclic) bond motifs is 5. The summed E-state index contributed by atoms with van der Waals surface area (Å²) in [7, 11) is 0. The van der Waals surface area contributed by atoms with E-state index in [9.17, 15) is 0 Å². The van der Waals surface area contributed by atoms with Crippen LogP contribution in [0.15, 0.2) is 180 Å². The molecule has 4 aliphatic rings. The summed E-state index contributed by atoms with van der Waals surface area (Å²) >= 11 is 0. The van der Waals surface area contributed by atoms with Crippen molar-refractivity contribution in [3.63, 3.8) is 0 Å². The van der Waals surface area contributed by atoms with Crippen molar-refractivity contribution in [1.29, 1.82) is 0 Å². The summed E-state index contributed by atoms with van der Waals surface area (Å²) in [6, 6.07) is 35.7. The molecule has 0 saturated carbocycles. The van der Waals surface area contributed by atoms with Gasteiger partial charge in [0.25, 0.3) is 0 Å². The summed E-state index contributed by atoms with van der Waals surface area (Å²) in [6.45, 7) is 15.2. The number of hydrogen-bond donors (Lipinski definition) is 2. The second kappa shape index (κ2) is 17.7. The maximum absolute atomic E-state index is 7.13. The molecule has 0 bridgehead atoms. The first-order valence-corrected chi connectivity index (χ1v) is 21.3. The van der Waals surface area contributed by atoms with Crippen molar-refractivity contribution < 1.29 is 0 Å². The van der Waals surface area contributed by atoms with Crippen LogP contribution in [0.5, 0.6) is 0 Å². The second-order valence-corrected chi connectivity index (χ2v) is 16.3. The molecule has 4 aromatic carbocycles. The normalized spacial score (nSPS) is 20.1. The Morgan fingerprint density at radius 3 is 2.43 bits per heavy atom. The molecule has 0 amide bonds. The Kier molecular flexibility index (Phi) is 12.3. The highest BCUT2D eigenvalue weighted by Crippen LogP contribution is 2.56. The van der Waals surface area contributed by atoms with Crippen molar-refractivity contribution in [3.8, 4) is 0 Å². The molecule has 0 spiro atoms. The van der Waals surface area contributed by atoms with Crippen LogP contribution in [-0.2, 0) is 11.8 Å². The predicted octanol–water partition coefficient (Wildman–Crippen LogP) is 13.9. The van der Waals surface area contributed by atoms with Crippen molar-refractivity contribution in [1.82, 2.24) is 5.32 Å². The third-order valence-electron chi connectivity index (χ3n) is 12.2. The molecular weight excluding hydrogens is 701 g/mol. The van der Waals surface area contributed by atoms with Crippen molar-refractivity contribution >= 4 is 22.3 Å². The maximum Gasteiger partial charge on any atom is 0.0494 e. The van der Waals surface area contributed by atoms with Crippen LogP contribution < -0.4 is 11.1 Å². The Morgan fingerprint density at radius 2 is 1.64 bits per heavy atom. The van der Waals surface area contributed by atoms with Gasteiger partial charge in [0.2, 0.25) is 0 Å². The summed E-state index contributed by atoms with van der Waals surface area (Å²) < 4.78 is 0. The first-order chi connectivity index (χ1) is 28.2. The van der Waals surface area contributed by atoms with Gasteiger partial charge in [-0.05, 0) is 143 Å². The molecule has 2 atom stereocenters. The van der Waals surface area contributed by atoms with E-state index < -0.39 is 0 Å². The van der Waals surface area contributed by atoms with E-state index >= 15 is 0 Å². The van der Waals surface area contributed by atoms with Gasteiger partial charge in [-0.2, -0.15) is 0 Å². The quantitative estimate of drug-likeness (QED) is 0.176. The van der Waals surface area contributed by atoms with Gasteiger partial charge in [0.05, 0.1) is 0 Å². The zero-order valence-electron chi connectivity index (χ0n) is 35.6. The Hall–Kier alpha value is -5.86. The van der Waals surface area contributed by atoms with Crippen LogP contribution in [-0.4, -0.2) is 6.04 Å². The van der Waals surface area contributed by atoms with Crippen LogP contribution in [0.25, 0.3) is 22.3 Å². The van der Waals surface area contributed by atoms with E-state index in [1.165, 1.54) is 66.9 Å². The molecule has 2 nitrogen and oxygen atoms in total. The molecule has 3 aliphatic carbocycles. The summed E-state index contributed by atoms with van der Waals surface area (Å²) in [5.74, 6) is 0.394. The summed E-state index contributed by atoms with van der Waals surface area (Å²) in [5.41, 5.74) is 27.1. The molecule has 0 fully saturated rings. The lowest BCUT2D eigenvalue weighted by Gasteiger charge is -2.30. The first kappa shape index (κ1) is 40.3. The lowest BCUT2D eigenvalue weighted by Crippen LogP contribution is -2.29. The van der Waals surface area contributed by atoms with Gasteiger partial charge in [-0.1, -0.05) is 167 Å². The number of benzene rings is 4. The molecule has 0 saturated heterocycles. The minimum atomic E-state index is -0.0235. The minimum absolute atomic E-state index is 0.0235. The van der Waals surface area contributed by atoms with Crippen LogP contribution >= 0.6 is 0 Å². The van der Waals surface area contributed by atoms with Crippen LogP contribution in [0.3, 0.4) is 0 Å². The van der Waals surface area contributed by atoms with Gasteiger partial charge < -0.3 is 11.1 Å². The topological polar surface area (TPSA) is 38.0 Å². The largest absolute Gasteiger partial charge is 0.399 e. The fourth-order valence-electron chi connectivity index (χ4n) is 9.30. The molecule has 58 heavy (non-hydrogen) atoms. The number of hydrogen-bond acceptors (Lipinski definition) is 2. The Balaban J connectivity index is 0.00000252. The van der Waals surface area contributed by atoms with Gasteiger partial charge in [-0.15, -0.1) is 0 Å². The molecule has 294 valence electrons. The molecule has 2 unspecified atom stereocenters. The van der Waals surface area contributed by atoms with E-state index in [-0.39, 0.29) is 11.5 Å². The van der Waals surface area contributed by atoms with E-state index in [0.29, 0.717) is 11.6 Å². The lowest BCUT2D eigenvalue weighted by molar-refractivity contribution is 0.605. The van der Waals surface area contributed by atoms with Gasteiger partial charge in [0.1, 0.15) is 0 Å². The average molecular weight is 761 g/mol. The molecule has 3 N–H and O–H groups in total. The maximum atomic E-state index is 7.13. The molecule has 4 aromatic rings. The Labute approximate surface area is 348 Å². The highest BCUT2D eigenvalue weighted by atomic mass is 14.9. The zero-order valence-corrected chi connectivity index (χ0v) is 35.6. The summed E-state index contributed by atoms with van der Waals surface area (Å²) in [6.07, 6.45) is 26.5. The van der Waals surface area contributed by atoms with Gasteiger partial charge in [0, 0.05) is 28.8 Å². The SMILES string of the molecule is CC.C\C=C/C=C(C)\C(=C\C(N)=C\C(=C/C1Cc2ccccc2C2=C(C=C3C(C2)c2ccccc2C3(C)C)N1)c1cccc(C2=CCCC=C2)c1)c1ccccc1C. The number of aryl methyl sites for hydroxylation is 1. The Bertz CT molecular complexity index is 2460. The van der Waals surface area contributed by atoms with E-state index in [1.54, 1.807) is 0 Å². The predicted molar refractivity (Wildman–Crippen MR) is 251 cm³/mol. The molecule has 0 radical (unpaired) electrons. The fourth-order valence-corrected chi connectivity index (χ4v) is 9.30. The summed E-state index contributed by atoms with van der Waals surface area (Å²) in [4.78, 5) is 0. The van der Waals surface area contributed by atoms with Crippen molar-refractivity contribution in [3.05, 3.63) is 225 Å². The third-order valence-corrected chi connectivity index (χ3v) is 12.2. The van der Waals surface area contributed by atoms with E-state index in [4.69, 9.17) is 5.73 Å². The zero-order chi connectivity index (χ0) is 40.8. The van der Waals surface area contributed by atoms with Gasteiger partial charge >= 0.3 is 0 Å². The van der Waals surface area contributed by atoms with Crippen molar-refractivity contribution in [2.24, 2.45) is 5.73 Å². The Morgan fingerprint density at radius 1 is 0.862 bits per heavy atom. The lowest BCUT2D eigenvalue weighted by atomic mass is 9.75. The first-order valence-electron chi connectivity index (χ1n) is 21.3. The van der Waals surface area contributed by atoms with Crippen LogP contribution in [0.1, 0.15) is 111 Å². The fraction of sp³-hybridized carbons (Fsp3) is 0.250. The van der Waals surface area contributed by atoms with E-state index in [0.717, 1.165) is 42.4 Å². The number of allylic oxidation sites excluding steroid dienone is 15. The molecule has 1 heterocycles. The van der Waals surface area contributed by atoms with Gasteiger partial charge in [-0.25, -0.2) is 0 Å². The van der Waals surface area contributed by atoms with Crippen LogP contribution in [0, 0.1) is 6.92 Å². The van der Waals surface area contributed by atoms with Crippen molar-refractivity contribution in [2.75, 3.05) is 0 Å². The van der Waals surface area contributed by atoms with Crippen LogP contribution in [0.2, 0.25) is 0 Å². The molecule has 0 aromatic heterocycles. The summed E-state index contributed by atoms with van der Waals surface area (Å²) in [5, 5.41) is 4.11. The number of rotatable bonds is 8. The average Bonchev–Trinajstić information content (AvgIpc) is 3.36.